The van der Waals surface area contributed by atoms with Crippen molar-refractivity contribution in [3.8, 4) is 22.8 Å². The third-order valence-corrected chi connectivity index (χ3v) is 3.96. The maximum atomic E-state index is 14.5. The largest absolute Gasteiger partial charge is 0.437 e. The second-order valence-electron chi connectivity index (χ2n) is 5.95. The highest BCUT2D eigenvalue weighted by Crippen LogP contribution is 2.24. The van der Waals surface area contributed by atoms with E-state index >= 15 is 0 Å². The molecule has 2 heterocycles. The van der Waals surface area contributed by atoms with Crippen molar-refractivity contribution in [1.29, 1.82) is 0 Å². The normalized spacial score (nSPS) is 10.4. The van der Waals surface area contributed by atoms with Crippen molar-refractivity contribution < 1.29 is 13.9 Å². The Bertz CT molecular complexity index is 1140. The molecule has 0 radical (unpaired) electrons. The number of halogens is 1. The summed E-state index contributed by atoms with van der Waals surface area (Å²) >= 11 is 0. The standard InChI is InChI=1S/C21H14FN5O2/c22-19-8-14(15-10-24-13-25-11-15)4-5-18(19)21(28)27-16-2-1-3-17(9-16)29-20-12-23-6-7-26-20/h1-13H,(H,27,28). The number of nitrogens with zero attached hydrogens (tertiary/aromatic N) is 4. The summed E-state index contributed by atoms with van der Waals surface area (Å²) in [5.74, 6) is -0.434. The summed E-state index contributed by atoms with van der Waals surface area (Å²) in [6.45, 7) is 0. The van der Waals surface area contributed by atoms with Crippen LogP contribution in [0.3, 0.4) is 0 Å². The Morgan fingerprint density at radius 1 is 0.931 bits per heavy atom. The highest BCUT2D eigenvalue weighted by atomic mass is 19.1. The number of rotatable bonds is 5. The number of aromatic nitrogens is 4. The first-order chi connectivity index (χ1) is 14.2. The average molecular weight is 387 g/mol. The van der Waals surface area contributed by atoms with Crippen molar-refractivity contribution in [2.24, 2.45) is 0 Å². The number of carbonyl (C=O) groups excluding carboxylic acids is 1. The molecule has 0 bridgehead atoms. The van der Waals surface area contributed by atoms with Gasteiger partial charge in [0, 0.05) is 42.1 Å². The van der Waals surface area contributed by atoms with Crippen LogP contribution >= 0.6 is 0 Å². The molecule has 4 rings (SSSR count). The molecule has 29 heavy (non-hydrogen) atoms. The lowest BCUT2D eigenvalue weighted by Crippen LogP contribution is -2.13. The van der Waals surface area contributed by atoms with E-state index in [4.69, 9.17) is 4.74 Å². The van der Waals surface area contributed by atoms with Crippen LogP contribution in [0.2, 0.25) is 0 Å². The molecule has 0 unspecified atom stereocenters. The summed E-state index contributed by atoms with van der Waals surface area (Å²) < 4.78 is 20.1. The minimum atomic E-state index is -0.643. The molecule has 0 fully saturated rings. The fourth-order valence-corrected chi connectivity index (χ4v) is 2.62. The van der Waals surface area contributed by atoms with E-state index in [0.29, 0.717) is 28.4 Å². The maximum Gasteiger partial charge on any atom is 0.258 e. The van der Waals surface area contributed by atoms with E-state index < -0.39 is 11.7 Å². The Labute approximate surface area is 165 Å². The van der Waals surface area contributed by atoms with E-state index in [1.807, 2.05) is 0 Å². The van der Waals surface area contributed by atoms with E-state index in [2.05, 4.69) is 25.3 Å². The molecule has 2 aromatic heterocycles. The number of ether oxygens (including phenoxy) is 1. The first kappa shape index (κ1) is 18.2. The highest BCUT2D eigenvalue weighted by Gasteiger charge is 2.14. The number of carbonyl (C=O) groups is 1. The fourth-order valence-electron chi connectivity index (χ4n) is 2.62. The number of anilines is 1. The molecule has 0 aliphatic carbocycles. The van der Waals surface area contributed by atoms with Crippen molar-refractivity contribution in [1.82, 2.24) is 19.9 Å². The lowest BCUT2D eigenvalue weighted by atomic mass is 10.1. The fraction of sp³-hybridized carbons (Fsp3) is 0. The van der Waals surface area contributed by atoms with E-state index in [0.717, 1.165) is 0 Å². The molecule has 0 aliphatic rings. The van der Waals surface area contributed by atoms with Gasteiger partial charge >= 0.3 is 0 Å². The van der Waals surface area contributed by atoms with Crippen LogP contribution in [-0.2, 0) is 0 Å². The molecule has 1 N–H and O–H groups in total. The first-order valence-corrected chi connectivity index (χ1v) is 8.59. The smallest absolute Gasteiger partial charge is 0.258 e. The predicted octanol–water partition coefficient (Wildman–Crippen LogP) is 4.12. The van der Waals surface area contributed by atoms with Crippen LogP contribution in [0.15, 0.2) is 79.8 Å². The van der Waals surface area contributed by atoms with Gasteiger partial charge in [0.2, 0.25) is 5.88 Å². The van der Waals surface area contributed by atoms with Gasteiger partial charge in [-0.05, 0) is 29.8 Å². The van der Waals surface area contributed by atoms with Gasteiger partial charge in [-0.1, -0.05) is 12.1 Å². The second kappa shape index (κ2) is 8.22. The van der Waals surface area contributed by atoms with Crippen molar-refractivity contribution in [2.75, 3.05) is 5.32 Å². The molecule has 4 aromatic rings. The van der Waals surface area contributed by atoms with E-state index in [1.54, 1.807) is 42.7 Å². The quantitative estimate of drug-likeness (QED) is 0.554. The molecule has 1 amide bonds. The molecule has 2 aromatic carbocycles. The van der Waals surface area contributed by atoms with Gasteiger partial charge < -0.3 is 10.1 Å². The third-order valence-electron chi connectivity index (χ3n) is 3.96. The molecule has 0 atom stereocenters. The molecule has 7 nitrogen and oxygen atoms in total. The Morgan fingerprint density at radius 2 is 1.79 bits per heavy atom. The van der Waals surface area contributed by atoms with Crippen LogP contribution in [0.4, 0.5) is 10.1 Å². The Kier molecular flexibility index (Phi) is 5.15. The monoisotopic (exact) mass is 387 g/mol. The molecule has 0 spiro atoms. The van der Waals surface area contributed by atoms with Crippen molar-refractivity contribution >= 4 is 11.6 Å². The van der Waals surface area contributed by atoms with Crippen LogP contribution < -0.4 is 10.1 Å². The Morgan fingerprint density at radius 3 is 2.55 bits per heavy atom. The molecular weight excluding hydrogens is 373 g/mol. The van der Waals surface area contributed by atoms with Gasteiger partial charge in [-0.2, -0.15) is 0 Å². The van der Waals surface area contributed by atoms with E-state index in [-0.39, 0.29) is 5.56 Å². The third kappa shape index (κ3) is 4.38. The highest BCUT2D eigenvalue weighted by molar-refractivity contribution is 6.04. The van der Waals surface area contributed by atoms with Crippen molar-refractivity contribution in [3.05, 3.63) is 91.2 Å². The van der Waals surface area contributed by atoms with Crippen LogP contribution in [0.5, 0.6) is 11.6 Å². The summed E-state index contributed by atoms with van der Waals surface area (Å²) in [5, 5.41) is 2.66. The lowest BCUT2D eigenvalue weighted by molar-refractivity contribution is 0.102. The number of amides is 1. The zero-order chi connectivity index (χ0) is 20.1. The van der Waals surface area contributed by atoms with Gasteiger partial charge in [-0.15, -0.1) is 0 Å². The van der Waals surface area contributed by atoms with Gasteiger partial charge in [0.25, 0.3) is 5.91 Å². The summed E-state index contributed by atoms with van der Waals surface area (Å²) in [7, 11) is 0. The minimum Gasteiger partial charge on any atom is -0.437 e. The molecule has 0 saturated heterocycles. The average Bonchev–Trinajstić information content (AvgIpc) is 2.75. The lowest BCUT2D eigenvalue weighted by Gasteiger charge is -2.09. The molecule has 0 saturated carbocycles. The minimum absolute atomic E-state index is 0.0779. The second-order valence-corrected chi connectivity index (χ2v) is 5.95. The van der Waals surface area contributed by atoms with Crippen LogP contribution in [-0.4, -0.2) is 25.8 Å². The number of hydrogen-bond donors (Lipinski definition) is 1. The number of benzene rings is 2. The van der Waals surface area contributed by atoms with Crippen LogP contribution in [0.1, 0.15) is 10.4 Å². The van der Waals surface area contributed by atoms with Crippen molar-refractivity contribution in [2.45, 2.75) is 0 Å². The Balaban J connectivity index is 1.50. The van der Waals surface area contributed by atoms with E-state index in [1.165, 1.54) is 37.1 Å². The van der Waals surface area contributed by atoms with Gasteiger partial charge in [0.05, 0.1) is 11.8 Å². The van der Waals surface area contributed by atoms with E-state index in [9.17, 15) is 9.18 Å². The van der Waals surface area contributed by atoms with Gasteiger partial charge in [-0.3, -0.25) is 9.78 Å². The zero-order valence-electron chi connectivity index (χ0n) is 15.0. The predicted molar refractivity (Wildman–Crippen MR) is 104 cm³/mol. The molecule has 0 aliphatic heterocycles. The molecule has 8 heteroatoms. The summed E-state index contributed by atoms with van der Waals surface area (Å²) in [6, 6.07) is 11.0. The first-order valence-electron chi connectivity index (χ1n) is 8.59. The number of hydrogen-bond acceptors (Lipinski definition) is 6. The summed E-state index contributed by atoms with van der Waals surface area (Å²) in [6.07, 6.45) is 9.06. The topological polar surface area (TPSA) is 89.9 Å². The Hall–Kier alpha value is -4.20. The molecule has 142 valence electrons. The SMILES string of the molecule is O=C(Nc1cccc(Oc2cnccn2)c1)c1ccc(-c2cncnc2)cc1F. The van der Waals surface area contributed by atoms with Crippen LogP contribution in [0, 0.1) is 5.82 Å². The molecular formula is C21H14FN5O2. The maximum absolute atomic E-state index is 14.5. The summed E-state index contributed by atoms with van der Waals surface area (Å²) in [4.78, 5) is 28.3. The number of nitrogens with one attached hydrogen (secondary N) is 1. The van der Waals surface area contributed by atoms with Crippen LogP contribution in [0.25, 0.3) is 11.1 Å². The van der Waals surface area contributed by atoms with Gasteiger partial charge in [0.1, 0.15) is 17.9 Å². The van der Waals surface area contributed by atoms with Gasteiger partial charge in [-0.25, -0.2) is 19.3 Å². The summed E-state index contributed by atoms with van der Waals surface area (Å²) in [5.41, 5.74) is 1.62. The zero-order valence-corrected chi connectivity index (χ0v) is 15.0. The van der Waals surface area contributed by atoms with Crippen molar-refractivity contribution in [3.63, 3.8) is 0 Å². The van der Waals surface area contributed by atoms with Gasteiger partial charge in [0.15, 0.2) is 0 Å².